The molecular weight excluding hydrogens is 174 g/mol. The number of piperazine rings is 1. The first kappa shape index (κ1) is 12.0. The second-order valence-electron chi connectivity index (χ2n) is 4.28. The van der Waals surface area contributed by atoms with Crippen molar-refractivity contribution in [3.8, 4) is 0 Å². The highest BCUT2D eigenvalue weighted by atomic mass is 15.2. The lowest BCUT2D eigenvalue weighted by Gasteiger charge is -2.27. The molecule has 0 bridgehead atoms. The third-order valence-corrected chi connectivity index (χ3v) is 2.92. The van der Waals surface area contributed by atoms with E-state index >= 15 is 0 Å². The van der Waals surface area contributed by atoms with Crippen LogP contribution in [-0.4, -0.2) is 43.7 Å². The summed E-state index contributed by atoms with van der Waals surface area (Å²) >= 11 is 0. The highest BCUT2D eigenvalue weighted by Crippen LogP contribution is 2.03. The van der Waals surface area contributed by atoms with Crippen LogP contribution in [0, 0.1) is 0 Å². The van der Waals surface area contributed by atoms with Crippen molar-refractivity contribution in [1.82, 2.24) is 10.2 Å². The molecule has 1 unspecified atom stereocenters. The molecule has 84 valence electrons. The van der Waals surface area contributed by atoms with Crippen LogP contribution in [-0.2, 0) is 0 Å². The van der Waals surface area contributed by atoms with Crippen LogP contribution in [0.25, 0.3) is 0 Å². The largest absolute Gasteiger partial charge is 0.328 e. The van der Waals surface area contributed by atoms with E-state index in [1.165, 1.54) is 45.3 Å². The second-order valence-corrected chi connectivity index (χ2v) is 4.28. The Morgan fingerprint density at radius 3 is 2.64 bits per heavy atom. The molecule has 1 aliphatic heterocycles. The number of hydrogen-bond acceptors (Lipinski definition) is 3. The maximum absolute atomic E-state index is 5.97. The zero-order chi connectivity index (χ0) is 10.2. The Balaban J connectivity index is 1.96. The van der Waals surface area contributed by atoms with Crippen molar-refractivity contribution < 1.29 is 0 Å². The van der Waals surface area contributed by atoms with Crippen LogP contribution in [0.15, 0.2) is 0 Å². The van der Waals surface area contributed by atoms with E-state index in [0.29, 0.717) is 6.04 Å². The molecule has 0 aromatic carbocycles. The topological polar surface area (TPSA) is 41.3 Å². The molecule has 0 aromatic rings. The Kier molecular flexibility index (Phi) is 6.15. The SMILES string of the molecule is CCCC(N)CCCN1CCNCC1. The van der Waals surface area contributed by atoms with Crippen molar-refractivity contribution in [3.05, 3.63) is 0 Å². The summed E-state index contributed by atoms with van der Waals surface area (Å²) in [6.07, 6.45) is 4.86. The first-order valence-electron chi connectivity index (χ1n) is 6.01. The normalized spacial score (nSPS) is 21.0. The number of rotatable bonds is 6. The summed E-state index contributed by atoms with van der Waals surface area (Å²) in [4.78, 5) is 2.54. The maximum atomic E-state index is 5.97. The molecule has 1 saturated heterocycles. The Labute approximate surface area is 88.0 Å². The third kappa shape index (κ3) is 4.94. The highest BCUT2D eigenvalue weighted by Gasteiger charge is 2.09. The van der Waals surface area contributed by atoms with Gasteiger partial charge in [0.2, 0.25) is 0 Å². The minimum atomic E-state index is 0.433. The van der Waals surface area contributed by atoms with Gasteiger partial charge in [0, 0.05) is 32.2 Å². The van der Waals surface area contributed by atoms with Crippen LogP contribution in [0.2, 0.25) is 0 Å². The molecule has 1 heterocycles. The molecule has 0 amide bonds. The zero-order valence-electron chi connectivity index (χ0n) is 9.47. The van der Waals surface area contributed by atoms with Gasteiger partial charge in [0.1, 0.15) is 0 Å². The van der Waals surface area contributed by atoms with Crippen molar-refractivity contribution in [2.75, 3.05) is 32.7 Å². The van der Waals surface area contributed by atoms with Gasteiger partial charge in [-0.3, -0.25) is 0 Å². The molecule has 0 radical (unpaired) electrons. The molecule has 1 atom stereocenters. The summed E-state index contributed by atoms with van der Waals surface area (Å²) in [5.74, 6) is 0. The van der Waals surface area contributed by atoms with Crippen LogP contribution in [0.1, 0.15) is 32.6 Å². The molecule has 3 heteroatoms. The second kappa shape index (κ2) is 7.21. The molecule has 1 aliphatic rings. The Morgan fingerprint density at radius 2 is 2.00 bits per heavy atom. The molecule has 0 aliphatic carbocycles. The molecule has 3 N–H and O–H groups in total. The van der Waals surface area contributed by atoms with E-state index in [1.54, 1.807) is 0 Å². The quantitative estimate of drug-likeness (QED) is 0.665. The Bertz CT molecular complexity index is 132. The molecule has 0 saturated carbocycles. The van der Waals surface area contributed by atoms with Crippen LogP contribution in [0.3, 0.4) is 0 Å². The molecular formula is C11H25N3. The smallest absolute Gasteiger partial charge is 0.0107 e. The van der Waals surface area contributed by atoms with Gasteiger partial charge in [-0.1, -0.05) is 13.3 Å². The van der Waals surface area contributed by atoms with Crippen molar-refractivity contribution in [2.45, 2.75) is 38.6 Å². The van der Waals surface area contributed by atoms with Gasteiger partial charge >= 0.3 is 0 Å². The van der Waals surface area contributed by atoms with E-state index in [0.717, 1.165) is 13.1 Å². The first-order chi connectivity index (χ1) is 6.83. The van der Waals surface area contributed by atoms with Crippen molar-refractivity contribution in [2.24, 2.45) is 5.73 Å². The van der Waals surface area contributed by atoms with Crippen LogP contribution in [0.5, 0.6) is 0 Å². The molecule has 3 nitrogen and oxygen atoms in total. The van der Waals surface area contributed by atoms with Gasteiger partial charge < -0.3 is 16.0 Å². The summed E-state index contributed by atoms with van der Waals surface area (Å²) in [5.41, 5.74) is 5.97. The van der Waals surface area contributed by atoms with Gasteiger partial charge in [-0.15, -0.1) is 0 Å². The van der Waals surface area contributed by atoms with Gasteiger partial charge in [-0.25, -0.2) is 0 Å². The van der Waals surface area contributed by atoms with Crippen LogP contribution < -0.4 is 11.1 Å². The Morgan fingerprint density at radius 1 is 1.29 bits per heavy atom. The van der Waals surface area contributed by atoms with E-state index in [4.69, 9.17) is 5.73 Å². The summed E-state index contributed by atoms with van der Waals surface area (Å²) in [7, 11) is 0. The maximum Gasteiger partial charge on any atom is 0.0107 e. The predicted octanol–water partition coefficient (Wildman–Crippen LogP) is 0.799. The number of nitrogens with zero attached hydrogens (tertiary/aromatic N) is 1. The molecule has 1 fully saturated rings. The fourth-order valence-corrected chi connectivity index (χ4v) is 2.03. The zero-order valence-corrected chi connectivity index (χ0v) is 9.47. The summed E-state index contributed by atoms with van der Waals surface area (Å²) in [6, 6.07) is 0.433. The fraction of sp³-hybridized carbons (Fsp3) is 1.00. The lowest BCUT2D eigenvalue weighted by atomic mass is 10.1. The van der Waals surface area contributed by atoms with Gasteiger partial charge in [0.25, 0.3) is 0 Å². The summed E-state index contributed by atoms with van der Waals surface area (Å²) in [5, 5.41) is 3.37. The highest BCUT2D eigenvalue weighted by molar-refractivity contribution is 4.68. The average molecular weight is 199 g/mol. The Hall–Kier alpha value is -0.120. The van der Waals surface area contributed by atoms with Gasteiger partial charge in [0.05, 0.1) is 0 Å². The number of hydrogen-bond donors (Lipinski definition) is 2. The van der Waals surface area contributed by atoms with Gasteiger partial charge in [0.15, 0.2) is 0 Å². The van der Waals surface area contributed by atoms with E-state index in [2.05, 4.69) is 17.1 Å². The minimum Gasteiger partial charge on any atom is -0.328 e. The number of nitrogens with two attached hydrogens (primary N) is 1. The molecule has 0 aromatic heterocycles. The van der Waals surface area contributed by atoms with Crippen molar-refractivity contribution in [1.29, 1.82) is 0 Å². The monoisotopic (exact) mass is 199 g/mol. The van der Waals surface area contributed by atoms with Crippen LogP contribution in [0.4, 0.5) is 0 Å². The van der Waals surface area contributed by atoms with E-state index in [-0.39, 0.29) is 0 Å². The van der Waals surface area contributed by atoms with E-state index in [9.17, 15) is 0 Å². The van der Waals surface area contributed by atoms with Gasteiger partial charge in [-0.2, -0.15) is 0 Å². The third-order valence-electron chi connectivity index (χ3n) is 2.92. The van der Waals surface area contributed by atoms with Crippen molar-refractivity contribution in [3.63, 3.8) is 0 Å². The average Bonchev–Trinajstić information content (AvgIpc) is 2.20. The summed E-state index contributed by atoms with van der Waals surface area (Å²) in [6.45, 7) is 8.17. The lowest BCUT2D eigenvalue weighted by Crippen LogP contribution is -2.43. The first-order valence-corrected chi connectivity index (χ1v) is 6.01. The lowest BCUT2D eigenvalue weighted by molar-refractivity contribution is 0.234. The van der Waals surface area contributed by atoms with Crippen LogP contribution >= 0.6 is 0 Å². The standard InChI is InChI=1S/C11H25N3/c1-2-4-11(12)5-3-8-14-9-6-13-7-10-14/h11,13H,2-10,12H2,1H3. The molecule has 1 rings (SSSR count). The fourth-order valence-electron chi connectivity index (χ4n) is 2.03. The van der Waals surface area contributed by atoms with E-state index < -0.39 is 0 Å². The summed E-state index contributed by atoms with van der Waals surface area (Å²) < 4.78 is 0. The molecule has 0 spiro atoms. The van der Waals surface area contributed by atoms with E-state index in [1.807, 2.05) is 0 Å². The number of nitrogens with one attached hydrogen (secondary N) is 1. The van der Waals surface area contributed by atoms with Crippen molar-refractivity contribution >= 4 is 0 Å². The molecule has 14 heavy (non-hydrogen) atoms. The minimum absolute atomic E-state index is 0.433. The van der Waals surface area contributed by atoms with Gasteiger partial charge in [-0.05, 0) is 25.8 Å². The predicted molar refractivity (Wildman–Crippen MR) is 61.4 cm³/mol.